The van der Waals surface area contributed by atoms with Crippen LogP contribution in [0.1, 0.15) is 42.5 Å². The Hall–Kier alpha value is -4.36. The molecule has 0 amide bonds. The summed E-state index contributed by atoms with van der Waals surface area (Å²) in [5.41, 5.74) is 3.06. The molecule has 0 fully saturated rings. The molecule has 0 saturated carbocycles. The number of aromatic amines is 1. The number of nitro groups is 2. The lowest BCUT2D eigenvalue weighted by atomic mass is 9.84. The summed E-state index contributed by atoms with van der Waals surface area (Å²) in [6, 6.07) is 9.64. The molecule has 0 spiro atoms. The molecule has 5 rings (SSSR count). The molecule has 1 aliphatic rings. The third kappa shape index (κ3) is 4.70. The van der Waals surface area contributed by atoms with Gasteiger partial charge in [-0.25, -0.2) is 4.99 Å². The van der Waals surface area contributed by atoms with Gasteiger partial charge in [-0.1, -0.05) is 42.6 Å². The van der Waals surface area contributed by atoms with Crippen LogP contribution < -0.4 is 0 Å². The summed E-state index contributed by atoms with van der Waals surface area (Å²) in [5, 5.41) is 33.6. The Balaban J connectivity index is 1.52. The van der Waals surface area contributed by atoms with E-state index in [4.69, 9.17) is 24.4 Å². The van der Waals surface area contributed by atoms with E-state index < -0.39 is 15.8 Å². The van der Waals surface area contributed by atoms with Crippen molar-refractivity contribution in [3.05, 3.63) is 79.6 Å². The molecule has 198 valence electrons. The van der Waals surface area contributed by atoms with Gasteiger partial charge >= 0.3 is 5.97 Å². The maximum atomic E-state index is 11.7. The summed E-state index contributed by atoms with van der Waals surface area (Å²) >= 11 is 11.2. The number of nitrogens with zero attached hydrogens (tertiary/aromatic N) is 4. The molecule has 2 aromatic carbocycles. The van der Waals surface area contributed by atoms with Gasteiger partial charge in [0.15, 0.2) is 4.99 Å². The Morgan fingerprint density at radius 2 is 1.92 bits per heavy atom. The number of carboxylic acids is 1. The van der Waals surface area contributed by atoms with E-state index in [-0.39, 0.29) is 39.2 Å². The van der Waals surface area contributed by atoms with Gasteiger partial charge in [-0.15, -0.1) is 0 Å². The average Bonchev–Trinajstić information content (AvgIpc) is 3.45. The maximum Gasteiger partial charge on any atom is 0.307 e. The molecular formula is C26H21N5O6S2. The summed E-state index contributed by atoms with van der Waals surface area (Å²) in [6.07, 6.45) is 3.57. The zero-order chi connectivity index (χ0) is 28.0. The molecule has 0 bridgehead atoms. The molecule has 11 nitrogen and oxygen atoms in total. The smallest absolute Gasteiger partial charge is 0.307 e. The van der Waals surface area contributed by atoms with E-state index in [1.807, 2.05) is 24.3 Å². The van der Waals surface area contributed by atoms with Crippen molar-refractivity contribution in [2.45, 2.75) is 38.5 Å². The Kier molecular flexibility index (Phi) is 6.78. The van der Waals surface area contributed by atoms with Crippen LogP contribution in [0.3, 0.4) is 0 Å². The lowest BCUT2D eigenvalue weighted by molar-refractivity contribution is -0.393. The van der Waals surface area contributed by atoms with Crippen molar-refractivity contribution in [1.29, 1.82) is 0 Å². The number of rotatable bonds is 5. The number of carbonyl (C=O) groups is 1. The first kappa shape index (κ1) is 26.3. The number of carboxylic acid groups (broad SMARTS) is 1. The van der Waals surface area contributed by atoms with Crippen LogP contribution in [-0.4, -0.2) is 46.2 Å². The number of hydrogen-bond donors (Lipinski definition) is 2. The minimum Gasteiger partial charge on any atom is -0.481 e. The van der Waals surface area contributed by atoms with Gasteiger partial charge < -0.3 is 14.7 Å². The van der Waals surface area contributed by atoms with Crippen molar-refractivity contribution in [1.82, 2.24) is 9.55 Å². The Labute approximate surface area is 231 Å². The molecule has 4 aromatic rings. The van der Waals surface area contributed by atoms with Crippen molar-refractivity contribution in [2.75, 3.05) is 0 Å². The van der Waals surface area contributed by atoms with E-state index in [9.17, 15) is 30.1 Å². The van der Waals surface area contributed by atoms with Crippen LogP contribution >= 0.6 is 24.4 Å². The summed E-state index contributed by atoms with van der Waals surface area (Å²) in [7, 11) is 0. The number of hydrogen-bond acceptors (Lipinski definition) is 7. The molecule has 2 heterocycles. The number of nitrogens with one attached hydrogen (secondary N) is 1. The van der Waals surface area contributed by atoms with E-state index in [2.05, 4.69) is 9.98 Å². The van der Waals surface area contributed by atoms with Crippen LogP contribution in [0.15, 0.2) is 47.6 Å². The number of aliphatic carboxylic acids is 1. The monoisotopic (exact) mass is 563 g/mol. The number of benzene rings is 2. The number of non-ortho nitro benzene ring substituents is 2. The number of H-pyrrole nitrogens is 1. The Morgan fingerprint density at radius 3 is 2.62 bits per heavy atom. The topological polar surface area (TPSA) is 157 Å². The lowest BCUT2D eigenvalue weighted by Gasteiger charge is -2.22. The number of aliphatic imine (C=N–C) groups is 1. The third-order valence-electron chi connectivity index (χ3n) is 7.01. The number of nitro benzene ring substituents is 2. The fraction of sp³-hybridized carbons (Fsp3) is 0.231. The highest BCUT2D eigenvalue weighted by atomic mass is 32.1. The second-order valence-electron chi connectivity index (χ2n) is 9.34. The molecular weight excluding hydrogens is 542 g/mol. The van der Waals surface area contributed by atoms with Gasteiger partial charge in [0.1, 0.15) is 10.5 Å². The fourth-order valence-electron chi connectivity index (χ4n) is 5.31. The minimum atomic E-state index is -0.961. The molecule has 1 atom stereocenters. The summed E-state index contributed by atoms with van der Waals surface area (Å²) in [6.45, 7) is 1.81. The number of thiocarbonyl (C=S) groups is 2. The van der Waals surface area contributed by atoms with Crippen molar-refractivity contribution < 1.29 is 19.7 Å². The molecule has 13 heteroatoms. The second kappa shape index (κ2) is 10.1. The summed E-state index contributed by atoms with van der Waals surface area (Å²) in [5.74, 6) is -1.21. The highest BCUT2D eigenvalue weighted by Crippen LogP contribution is 2.41. The zero-order valence-corrected chi connectivity index (χ0v) is 22.2. The van der Waals surface area contributed by atoms with Crippen LogP contribution in [0.25, 0.3) is 21.8 Å². The maximum absolute atomic E-state index is 11.7. The number of para-hydroxylation sites is 1. The molecule has 0 saturated heterocycles. The third-order valence-corrected chi connectivity index (χ3v) is 7.81. The highest BCUT2D eigenvalue weighted by Gasteiger charge is 2.31. The lowest BCUT2D eigenvalue weighted by Crippen LogP contribution is -2.21. The van der Waals surface area contributed by atoms with Gasteiger partial charge in [-0.05, 0) is 43.4 Å². The first-order chi connectivity index (χ1) is 18.6. The molecule has 1 aliphatic carbocycles. The molecule has 2 N–H and O–H groups in total. The molecule has 2 aromatic heterocycles. The largest absolute Gasteiger partial charge is 0.481 e. The first-order valence-corrected chi connectivity index (χ1v) is 12.8. The average molecular weight is 564 g/mol. The van der Waals surface area contributed by atoms with Crippen LogP contribution in [0.4, 0.5) is 11.4 Å². The standard InChI is InChI=1S/C26H21N5O6S2/c1-13(27-25(38)26(39)29-12-14(9-22(32)33)17-5-2-3-8-20(17)29)16-6-4-7-18-19-10-15(30(34)35)11-21(31(36)37)24(19)28-23(16)18/h2-3,5,8,10-12,16,28H,4,6-7,9H2,1H3,(H,32,33). The van der Waals surface area contributed by atoms with Gasteiger partial charge in [0.2, 0.25) is 0 Å². The molecule has 39 heavy (non-hydrogen) atoms. The molecule has 0 radical (unpaired) electrons. The predicted octanol–water partition coefficient (Wildman–Crippen LogP) is 5.65. The van der Waals surface area contributed by atoms with E-state index in [0.29, 0.717) is 29.5 Å². The predicted molar refractivity (Wildman–Crippen MR) is 154 cm³/mol. The van der Waals surface area contributed by atoms with E-state index in [1.165, 1.54) is 6.07 Å². The van der Waals surface area contributed by atoms with Gasteiger partial charge in [0.05, 0.1) is 27.9 Å². The van der Waals surface area contributed by atoms with Crippen molar-refractivity contribution in [2.24, 2.45) is 4.99 Å². The van der Waals surface area contributed by atoms with Gasteiger partial charge in [-0.2, -0.15) is 0 Å². The Bertz CT molecular complexity index is 1770. The summed E-state index contributed by atoms with van der Waals surface area (Å²) < 4.78 is 1.67. The van der Waals surface area contributed by atoms with E-state index in [0.717, 1.165) is 34.6 Å². The highest BCUT2D eigenvalue weighted by molar-refractivity contribution is 7.89. The number of aryl methyl sites for hydroxylation is 1. The Morgan fingerprint density at radius 1 is 1.18 bits per heavy atom. The number of aromatic nitrogens is 2. The minimum absolute atomic E-state index is 0.148. The quantitative estimate of drug-likeness (QED) is 0.136. The van der Waals surface area contributed by atoms with Crippen LogP contribution in [-0.2, 0) is 17.6 Å². The first-order valence-electron chi connectivity index (χ1n) is 12.0. The van der Waals surface area contributed by atoms with Gasteiger partial charge in [0, 0.05) is 40.4 Å². The summed E-state index contributed by atoms with van der Waals surface area (Å²) in [4.78, 5) is 41.4. The van der Waals surface area contributed by atoms with Crippen LogP contribution in [0.2, 0.25) is 0 Å². The van der Waals surface area contributed by atoms with Crippen molar-refractivity contribution in [3.63, 3.8) is 0 Å². The van der Waals surface area contributed by atoms with Crippen LogP contribution in [0.5, 0.6) is 0 Å². The zero-order valence-electron chi connectivity index (χ0n) is 20.5. The SMILES string of the molecule is CC(=NC(=S)C(=S)n1cc(CC(=O)O)c2ccccc21)C1CCCc2c1[nH]c1c([N+](=O)[O-])cc([N+](=O)[O-])cc21. The van der Waals surface area contributed by atoms with E-state index >= 15 is 0 Å². The van der Waals surface area contributed by atoms with Gasteiger partial charge in [0.25, 0.3) is 11.4 Å². The fourth-order valence-corrected chi connectivity index (χ4v) is 5.75. The molecule has 0 aliphatic heterocycles. The second-order valence-corrected chi connectivity index (χ2v) is 10.1. The van der Waals surface area contributed by atoms with E-state index in [1.54, 1.807) is 17.7 Å². The van der Waals surface area contributed by atoms with Crippen molar-refractivity contribution in [3.8, 4) is 0 Å². The molecule has 1 unspecified atom stereocenters. The van der Waals surface area contributed by atoms with Crippen molar-refractivity contribution >= 4 is 79.3 Å². The normalized spacial score (nSPS) is 15.3. The van der Waals surface area contributed by atoms with Gasteiger partial charge in [-0.3, -0.25) is 25.0 Å². The number of fused-ring (bicyclic) bond motifs is 4. The van der Waals surface area contributed by atoms with Crippen LogP contribution in [0, 0.1) is 20.2 Å².